The normalized spacial score (nSPS) is 22.6. The summed E-state index contributed by atoms with van der Waals surface area (Å²) in [6.45, 7) is 3.52. The Bertz CT molecular complexity index is 642. The van der Waals surface area contributed by atoms with Crippen molar-refractivity contribution in [3.63, 3.8) is 0 Å². The molecule has 0 N–H and O–H groups in total. The molecule has 0 radical (unpaired) electrons. The average Bonchev–Trinajstić information content (AvgIpc) is 2.92. The first-order valence-electron chi connectivity index (χ1n) is 7.64. The van der Waals surface area contributed by atoms with Crippen LogP contribution in [0.4, 0.5) is 0 Å². The highest BCUT2D eigenvalue weighted by molar-refractivity contribution is 5.76. The first-order chi connectivity index (χ1) is 11.9. The Morgan fingerprint density at radius 3 is 2.48 bits per heavy atom. The summed E-state index contributed by atoms with van der Waals surface area (Å²) >= 11 is 0. The molecule has 9 nitrogen and oxygen atoms in total. The highest BCUT2D eigenvalue weighted by atomic mass is 16.8. The SMILES string of the molecule is COC(=O)[C@@H](N=[N+]=[N-])[C@@H]1OC(C)(C)O[C@H]1COc1ccc(OC)cc1. The molecular formula is C16H21N3O6. The average molecular weight is 351 g/mol. The molecule has 0 bridgehead atoms. The fourth-order valence-electron chi connectivity index (χ4n) is 2.53. The number of azide groups is 1. The van der Waals surface area contributed by atoms with E-state index in [-0.39, 0.29) is 6.61 Å². The van der Waals surface area contributed by atoms with Crippen LogP contribution in [0.2, 0.25) is 0 Å². The lowest BCUT2D eigenvalue weighted by Gasteiger charge is -2.21. The van der Waals surface area contributed by atoms with Gasteiger partial charge in [-0.2, -0.15) is 0 Å². The van der Waals surface area contributed by atoms with E-state index in [1.54, 1.807) is 45.2 Å². The van der Waals surface area contributed by atoms with Gasteiger partial charge in [-0.3, -0.25) is 4.79 Å². The van der Waals surface area contributed by atoms with Gasteiger partial charge in [0.05, 0.1) is 14.2 Å². The molecule has 0 aliphatic carbocycles. The Balaban J connectivity index is 2.11. The van der Waals surface area contributed by atoms with Crippen LogP contribution in [0.3, 0.4) is 0 Å². The van der Waals surface area contributed by atoms with E-state index in [1.807, 2.05) is 0 Å². The predicted octanol–water partition coefficient (Wildman–Crippen LogP) is 2.45. The molecule has 0 aromatic heterocycles. The van der Waals surface area contributed by atoms with E-state index in [0.717, 1.165) is 0 Å². The molecule has 1 fully saturated rings. The summed E-state index contributed by atoms with van der Waals surface area (Å²) < 4.78 is 27.0. The summed E-state index contributed by atoms with van der Waals surface area (Å²) in [7, 11) is 2.79. The van der Waals surface area contributed by atoms with Crippen LogP contribution >= 0.6 is 0 Å². The highest BCUT2D eigenvalue weighted by Gasteiger charge is 2.48. The van der Waals surface area contributed by atoms with Crippen LogP contribution < -0.4 is 9.47 Å². The Morgan fingerprint density at radius 2 is 1.92 bits per heavy atom. The minimum absolute atomic E-state index is 0.106. The zero-order valence-corrected chi connectivity index (χ0v) is 14.5. The fraction of sp³-hybridized carbons (Fsp3) is 0.562. The summed E-state index contributed by atoms with van der Waals surface area (Å²) in [6.07, 6.45) is -1.44. The van der Waals surface area contributed by atoms with Crippen LogP contribution in [-0.4, -0.2) is 50.8 Å². The minimum Gasteiger partial charge on any atom is -0.497 e. The molecular weight excluding hydrogens is 330 g/mol. The first-order valence-corrected chi connectivity index (χ1v) is 7.64. The molecule has 0 unspecified atom stereocenters. The fourth-order valence-corrected chi connectivity index (χ4v) is 2.53. The zero-order valence-electron chi connectivity index (χ0n) is 14.5. The molecule has 0 saturated carbocycles. The topological polar surface area (TPSA) is 112 Å². The maximum atomic E-state index is 11.9. The Labute approximate surface area is 145 Å². The second kappa shape index (κ2) is 8.06. The van der Waals surface area contributed by atoms with Gasteiger partial charge in [0, 0.05) is 4.91 Å². The number of esters is 1. The van der Waals surface area contributed by atoms with Crippen molar-refractivity contribution in [1.29, 1.82) is 0 Å². The lowest BCUT2D eigenvalue weighted by atomic mass is 10.1. The maximum Gasteiger partial charge on any atom is 0.317 e. The van der Waals surface area contributed by atoms with Crippen molar-refractivity contribution in [2.45, 2.75) is 37.9 Å². The highest BCUT2D eigenvalue weighted by Crippen LogP contribution is 2.32. The third kappa shape index (κ3) is 4.76. The second-order valence-corrected chi connectivity index (χ2v) is 5.80. The van der Waals surface area contributed by atoms with E-state index in [2.05, 4.69) is 14.8 Å². The standard InChI is InChI=1S/C16H21N3O6/c1-16(2)24-12(9-23-11-7-5-10(21-3)6-8-11)14(25-16)13(18-19-17)15(20)22-4/h5-8,12-14H,9H2,1-4H3/t12-,13-,14+/m0/s1. The molecule has 3 atom stereocenters. The van der Waals surface area contributed by atoms with Crippen molar-refractivity contribution in [3.05, 3.63) is 34.7 Å². The molecule has 1 heterocycles. The van der Waals surface area contributed by atoms with Crippen molar-refractivity contribution in [1.82, 2.24) is 0 Å². The Morgan fingerprint density at radius 1 is 1.28 bits per heavy atom. The van der Waals surface area contributed by atoms with Crippen molar-refractivity contribution in [2.24, 2.45) is 5.11 Å². The summed E-state index contributed by atoms with van der Waals surface area (Å²) in [6, 6.07) is 5.86. The van der Waals surface area contributed by atoms with Gasteiger partial charge in [-0.25, -0.2) is 0 Å². The molecule has 0 amide bonds. The number of methoxy groups -OCH3 is 2. The Kier molecular flexibility index (Phi) is 6.08. The van der Waals surface area contributed by atoms with Gasteiger partial charge in [-0.05, 0) is 43.6 Å². The van der Waals surface area contributed by atoms with Crippen LogP contribution in [0.15, 0.2) is 29.4 Å². The van der Waals surface area contributed by atoms with E-state index in [9.17, 15) is 4.79 Å². The van der Waals surface area contributed by atoms with Crippen LogP contribution in [-0.2, 0) is 19.0 Å². The molecule has 1 saturated heterocycles. The molecule has 1 aromatic rings. The van der Waals surface area contributed by atoms with Crippen LogP contribution in [0, 0.1) is 0 Å². The number of ether oxygens (including phenoxy) is 5. The van der Waals surface area contributed by atoms with Crippen molar-refractivity contribution >= 4 is 5.97 Å². The van der Waals surface area contributed by atoms with Crippen LogP contribution in [0.25, 0.3) is 10.4 Å². The summed E-state index contributed by atoms with van der Waals surface area (Å²) in [5.74, 6) is -0.332. The Hall–Kier alpha value is -2.48. The van der Waals surface area contributed by atoms with Gasteiger partial charge in [0.25, 0.3) is 0 Å². The lowest BCUT2D eigenvalue weighted by Crippen LogP contribution is -2.42. The summed E-state index contributed by atoms with van der Waals surface area (Å²) in [5.41, 5.74) is 8.73. The van der Waals surface area contributed by atoms with Gasteiger partial charge < -0.3 is 23.7 Å². The molecule has 1 aliphatic rings. The number of hydrogen-bond donors (Lipinski definition) is 0. The lowest BCUT2D eigenvalue weighted by molar-refractivity contribution is -0.157. The van der Waals surface area contributed by atoms with Crippen LogP contribution in [0.5, 0.6) is 11.5 Å². The van der Waals surface area contributed by atoms with Gasteiger partial charge in [-0.15, -0.1) is 0 Å². The number of carbonyl (C=O) groups excluding carboxylic acids is 1. The van der Waals surface area contributed by atoms with E-state index in [0.29, 0.717) is 11.5 Å². The van der Waals surface area contributed by atoms with E-state index < -0.39 is 30.0 Å². The summed E-state index contributed by atoms with van der Waals surface area (Å²) in [5, 5.41) is 3.50. The molecule has 1 aromatic carbocycles. The van der Waals surface area contributed by atoms with E-state index >= 15 is 0 Å². The van der Waals surface area contributed by atoms with Gasteiger partial charge in [-0.1, -0.05) is 5.11 Å². The first kappa shape index (κ1) is 18.9. The molecule has 136 valence electrons. The maximum absolute atomic E-state index is 11.9. The largest absolute Gasteiger partial charge is 0.497 e. The molecule has 0 spiro atoms. The number of nitrogens with zero attached hydrogens (tertiary/aromatic N) is 3. The van der Waals surface area contributed by atoms with Gasteiger partial charge in [0.2, 0.25) is 0 Å². The van der Waals surface area contributed by atoms with Crippen molar-refractivity contribution < 1.29 is 28.5 Å². The van der Waals surface area contributed by atoms with Gasteiger partial charge in [0.15, 0.2) is 11.8 Å². The minimum atomic E-state index is -1.17. The third-order valence-corrected chi connectivity index (χ3v) is 3.63. The van der Waals surface area contributed by atoms with Crippen molar-refractivity contribution in [2.75, 3.05) is 20.8 Å². The summed E-state index contributed by atoms with van der Waals surface area (Å²) in [4.78, 5) is 14.6. The van der Waals surface area contributed by atoms with Crippen LogP contribution in [0.1, 0.15) is 13.8 Å². The molecule has 9 heteroatoms. The number of hydrogen-bond acceptors (Lipinski definition) is 7. The number of rotatable bonds is 7. The van der Waals surface area contributed by atoms with Gasteiger partial charge in [0.1, 0.15) is 30.3 Å². The monoisotopic (exact) mass is 351 g/mol. The zero-order chi connectivity index (χ0) is 18.4. The third-order valence-electron chi connectivity index (χ3n) is 3.63. The molecule has 2 rings (SSSR count). The number of benzene rings is 1. The predicted molar refractivity (Wildman–Crippen MR) is 87.3 cm³/mol. The number of carbonyl (C=O) groups is 1. The molecule has 1 aliphatic heterocycles. The van der Waals surface area contributed by atoms with Gasteiger partial charge >= 0.3 is 5.97 Å². The quantitative estimate of drug-likeness (QED) is 0.323. The smallest absolute Gasteiger partial charge is 0.317 e. The van der Waals surface area contributed by atoms with E-state index in [4.69, 9.17) is 24.5 Å². The molecule has 25 heavy (non-hydrogen) atoms. The van der Waals surface area contributed by atoms with E-state index in [1.165, 1.54) is 7.11 Å². The second-order valence-electron chi connectivity index (χ2n) is 5.80. The van der Waals surface area contributed by atoms with Crippen molar-refractivity contribution in [3.8, 4) is 11.5 Å².